The zero-order chi connectivity index (χ0) is 13.9. The van der Waals surface area contributed by atoms with Crippen molar-refractivity contribution in [1.29, 1.82) is 0 Å². The lowest BCUT2D eigenvalue weighted by molar-refractivity contribution is 0.0547. The molecule has 0 saturated heterocycles. The fourth-order valence-electron chi connectivity index (χ4n) is 1.65. The van der Waals surface area contributed by atoms with Gasteiger partial charge in [0.1, 0.15) is 12.3 Å². The van der Waals surface area contributed by atoms with Crippen molar-refractivity contribution in [2.45, 2.75) is 27.4 Å². The van der Waals surface area contributed by atoms with Gasteiger partial charge in [-0.1, -0.05) is 55.9 Å². The zero-order valence-corrected chi connectivity index (χ0v) is 11.5. The van der Waals surface area contributed by atoms with Gasteiger partial charge in [-0.05, 0) is 11.6 Å². The molecule has 0 amide bonds. The van der Waals surface area contributed by atoms with Crippen LogP contribution in [0, 0.1) is 5.41 Å². The molecular formula is C15H18N2O2. The third-order valence-electron chi connectivity index (χ3n) is 2.72. The van der Waals surface area contributed by atoms with Gasteiger partial charge in [-0.3, -0.25) is 4.79 Å². The van der Waals surface area contributed by atoms with Gasteiger partial charge in [0.25, 0.3) is 0 Å². The average Bonchev–Trinajstić information content (AvgIpc) is 2.83. The molecule has 0 aliphatic heterocycles. The van der Waals surface area contributed by atoms with E-state index < -0.39 is 5.41 Å². The first-order valence-electron chi connectivity index (χ1n) is 6.24. The molecule has 1 aromatic heterocycles. The molecule has 0 bridgehead atoms. The Labute approximate surface area is 113 Å². The van der Waals surface area contributed by atoms with E-state index in [1.165, 1.54) is 4.85 Å². The molecule has 2 aromatic rings. The van der Waals surface area contributed by atoms with Crippen LogP contribution >= 0.6 is 0 Å². The van der Waals surface area contributed by atoms with Crippen LogP contribution in [0.1, 0.15) is 36.8 Å². The van der Waals surface area contributed by atoms with Crippen LogP contribution in [0.3, 0.4) is 0 Å². The monoisotopic (exact) mass is 258 g/mol. The number of ketones is 1. The molecule has 0 unspecified atom stereocenters. The predicted molar refractivity (Wildman–Crippen MR) is 72.7 cm³/mol. The quantitative estimate of drug-likeness (QED) is 0.792. The lowest BCUT2D eigenvalue weighted by Gasteiger charge is -2.17. The van der Waals surface area contributed by atoms with Gasteiger partial charge >= 0.3 is 0 Å². The van der Waals surface area contributed by atoms with E-state index in [9.17, 15) is 4.79 Å². The maximum Gasteiger partial charge on any atom is 0.189 e. The third kappa shape index (κ3) is 3.22. The van der Waals surface area contributed by atoms with Crippen LogP contribution in [-0.2, 0) is 6.61 Å². The molecule has 1 aromatic carbocycles. The van der Waals surface area contributed by atoms with Gasteiger partial charge in [-0.25, -0.2) is 0 Å². The zero-order valence-electron chi connectivity index (χ0n) is 11.5. The Morgan fingerprint density at radius 2 is 1.89 bits per heavy atom. The summed E-state index contributed by atoms with van der Waals surface area (Å²) in [5, 5.41) is 4.04. The molecular weight excluding hydrogens is 240 g/mol. The summed E-state index contributed by atoms with van der Waals surface area (Å²) in [5.41, 5.74) is 1.06. The summed E-state index contributed by atoms with van der Waals surface area (Å²) in [4.78, 5) is 19.1. The molecule has 0 aliphatic carbocycles. The first kappa shape index (κ1) is 13.3. The van der Waals surface area contributed by atoms with Gasteiger partial charge in [0.05, 0.1) is 6.20 Å². The summed E-state index contributed by atoms with van der Waals surface area (Å²) in [6, 6.07) is 11.5. The van der Waals surface area contributed by atoms with Gasteiger partial charge < -0.3 is 4.84 Å². The number of benzene rings is 1. The van der Waals surface area contributed by atoms with Gasteiger partial charge in [0.2, 0.25) is 0 Å². The van der Waals surface area contributed by atoms with Crippen molar-refractivity contribution >= 4 is 5.78 Å². The molecule has 0 radical (unpaired) electrons. The molecule has 0 saturated carbocycles. The summed E-state index contributed by atoms with van der Waals surface area (Å²) in [6.45, 7) is 6.02. The number of carbonyl (C=O) groups is 1. The maximum absolute atomic E-state index is 12.2. The number of carbonyl (C=O) groups excluding carboxylic acids is 1. The van der Waals surface area contributed by atoms with E-state index in [2.05, 4.69) is 5.10 Å². The molecule has 0 aliphatic rings. The van der Waals surface area contributed by atoms with Gasteiger partial charge in [0.15, 0.2) is 5.78 Å². The largest absolute Gasteiger partial charge is 0.391 e. The minimum atomic E-state index is -0.451. The number of hydrogen-bond donors (Lipinski definition) is 0. The summed E-state index contributed by atoms with van der Waals surface area (Å²) in [6.07, 6.45) is 1.57. The molecule has 19 heavy (non-hydrogen) atoms. The number of aromatic nitrogens is 2. The Kier molecular flexibility index (Phi) is 3.69. The molecule has 1 heterocycles. The Balaban J connectivity index is 2.11. The SMILES string of the molecule is CC(C)(C)C(=O)c1ccnn1OCc1ccccc1. The van der Waals surface area contributed by atoms with E-state index in [0.29, 0.717) is 12.3 Å². The lowest BCUT2D eigenvalue weighted by atomic mass is 9.89. The van der Waals surface area contributed by atoms with Crippen molar-refractivity contribution in [2.24, 2.45) is 5.41 Å². The van der Waals surface area contributed by atoms with E-state index >= 15 is 0 Å². The highest BCUT2D eigenvalue weighted by Gasteiger charge is 2.26. The second-order valence-electron chi connectivity index (χ2n) is 5.43. The first-order chi connectivity index (χ1) is 8.98. The van der Waals surface area contributed by atoms with Crippen LogP contribution in [0.2, 0.25) is 0 Å². The topological polar surface area (TPSA) is 44.1 Å². The normalized spacial score (nSPS) is 11.3. The Hall–Kier alpha value is -2.10. The van der Waals surface area contributed by atoms with Crippen molar-refractivity contribution in [3.63, 3.8) is 0 Å². The van der Waals surface area contributed by atoms with E-state index in [1.54, 1.807) is 12.3 Å². The van der Waals surface area contributed by atoms with Crippen LogP contribution in [0.4, 0.5) is 0 Å². The second kappa shape index (κ2) is 5.26. The van der Waals surface area contributed by atoms with Crippen molar-refractivity contribution in [1.82, 2.24) is 9.94 Å². The van der Waals surface area contributed by atoms with Crippen LogP contribution in [0.25, 0.3) is 0 Å². The van der Waals surface area contributed by atoms with Gasteiger partial charge in [-0.2, -0.15) is 0 Å². The minimum absolute atomic E-state index is 0.0121. The van der Waals surface area contributed by atoms with Crippen LogP contribution < -0.4 is 4.84 Å². The van der Waals surface area contributed by atoms with Crippen molar-refractivity contribution in [3.05, 3.63) is 53.9 Å². The number of nitrogens with zero attached hydrogens (tertiary/aromatic N) is 2. The van der Waals surface area contributed by atoms with Crippen LogP contribution in [0.15, 0.2) is 42.6 Å². The van der Waals surface area contributed by atoms with Gasteiger partial charge in [-0.15, -0.1) is 5.10 Å². The number of Topliss-reactive ketones (excluding diaryl/α,β-unsaturated/α-hetero) is 1. The molecule has 0 atom stereocenters. The standard InChI is InChI=1S/C15H18N2O2/c1-15(2,3)14(18)13-9-10-16-17(13)19-11-12-7-5-4-6-8-12/h4-10H,11H2,1-3H3. The average molecular weight is 258 g/mol. The smallest absolute Gasteiger partial charge is 0.189 e. The number of hydrogen-bond acceptors (Lipinski definition) is 3. The van der Waals surface area contributed by atoms with Crippen LogP contribution in [-0.4, -0.2) is 15.7 Å². The van der Waals surface area contributed by atoms with Crippen molar-refractivity contribution in [3.8, 4) is 0 Å². The van der Waals surface area contributed by atoms with Gasteiger partial charge in [0, 0.05) is 5.41 Å². The lowest BCUT2D eigenvalue weighted by Crippen LogP contribution is -2.26. The van der Waals surface area contributed by atoms with Crippen molar-refractivity contribution < 1.29 is 9.63 Å². The molecule has 0 fully saturated rings. The second-order valence-corrected chi connectivity index (χ2v) is 5.43. The Bertz CT molecular complexity index is 553. The number of rotatable bonds is 4. The molecule has 0 spiro atoms. The predicted octanol–water partition coefficient (Wildman–Crippen LogP) is 2.74. The first-order valence-corrected chi connectivity index (χ1v) is 6.24. The van der Waals surface area contributed by atoms with E-state index in [0.717, 1.165) is 5.56 Å². The summed E-state index contributed by atoms with van der Waals surface area (Å²) >= 11 is 0. The van der Waals surface area contributed by atoms with E-state index in [1.807, 2.05) is 51.1 Å². The Morgan fingerprint density at radius 1 is 1.21 bits per heavy atom. The summed E-state index contributed by atoms with van der Waals surface area (Å²) in [5.74, 6) is 0.0121. The van der Waals surface area contributed by atoms with E-state index in [4.69, 9.17) is 4.84 Å². The fourth-order valence-corrected chi connectivity index (χ4v) is 1.65. The molecule has 4 heteroatoms. The van der Waals surface area contributed by atoms with E-state index in [-0.39, 0.29) is 5.78 Å². The Morgan fingerprint density at radius 3 is 2.53 bits per heavy atom. The third-order valence-corrected chi connectivity index (χ3v) is 2.72. The highest BCUT2D eigenvalue weighted by Crippen LogP contribution is 2.20. The molecule has 4 nitrogen and oxygen atoms in total. The van der Waals surface area contributed by atoms with Crippen LogP contribution in [0.5, 0.6) is 0 Å². The fraction of sp³-hybridized carbons (Fsp3) is 0.333. The minimum Gasteiger partial charge on any atom is -0.391 e. The summed E-state index contributed by atoms with van der Waals surface area (Å²) < 4.78 is 0. The molecule has 2 rings (SSSR count). The highest BCUT2D eigenvalue weighted by atomic mass is 16.7. The van der Waals surface area contributed by atoms with Crippen molar-refractivity contribution in [2.75, 3.05) is 0 Å². The molecule has 100 valence electrons. The maximum atomic E-state index is 12.2. The summed E-state index contributed by atoms with van der Waals surface area (Å²) in [7, 11) is 0. The highest BCUT2D eigenvalue weighted by molar-refractivity contribution is 5.98. The molecule has 0 N–H and O–H groups in total.